The quantitative estimate of drug-likeness (QED) is 0.760. The molecule has 96 valence electrons. The average Bonchev–Trinajstić information content (AvgIpc) is 2.25. The summed E-state index contributed by atoms with van der Waals surface area (Å²) in [5.74, 6) is 0. The van der Waals surface area contributed by atoms with Crippen molar-refractivity contribution in [3.8, 4) is 0 Å². The molecule has 1 aromatic rings. The Bertz CT molecular complexity index is 390. The zero-order chi connectivity index (χ0) is 13.2. The number of hydrogen-bond donors (Lipinski definition) is 3. The number of rotatable bonds is 3. The van der Waals surface area contributed by atoms with Gasteiger partial charge in [-0.1, -0.05) is 12.1 Å². The molecule has 2 unspecified atom stereocenters. The van der Waals surface area contributed by atoms with Crippen LogP contribution in [0.3, 0.4) is 0 Å². The number of hydrogen-bond acceptors (Lipinski definition) is 3. The molecule has 0 spiro atoms. The monoisotopic (exact) mass is 250 g/mol. The number of benzene rings is 1. The lowest BCUT2D eigenvalue weighted by molar-refractivity contribution is -0.138. The molecule has 0 aliphatic rings. The maximum absolute atomic E-state index is 12.6. The van der Waals surface area contributed by atoms with Gasteiger partial charge in [0.1, 0.15) is 12.2 Å². The van der Waals surface area contributed by atoms with Gasteiger partial charge in [0.15, 0.2) is 0 Å². The maximum atomic E-state index is 12.6. The minimum atomic E-state index is -4.51. The molecule has 3 N–H and O–H groups in total. The normalized spacial score (nSPS) is 15.7. The molecular formula is C11H13F3O3. The Labute approximate surface area is 96.1 Å². The van der Waals surface area contributed by atoms with Gasteiger partial charge < -0.3 is 15.3 Å². The van der Waals surface area contributed by atoms with E-state index >= 15 is 0 Å². The molecule has 0 saturated heterocycles. The van der Waals surface area contributed by atoms with Gasteiger partial charge in [-0.25, -0.2) is 0 Å². The van der Waals surface area contributed by atoms with Crippen molar-refractivity contribution in [3.63, 3.8) is 0 Å². The summed E-state index contributed by atoms with van der Waals surface area (Å²) in [5, 5.41) is 27.5. The molecule has 3 nitrogen and oxygen atoms in total. The van der Waals surface area contributed by atoms with Gasteiger partial charge >= 0.3 is 6.18 Å². The highest BCUT2D eigenvalue weighted by Gasteiger charge is 2.34. The van der Waals surface area contributed by atoms with E-state index in [1.807, 2.05) is 0 Å². The van der Waals surface area contributed by atoms with E-state index in [-0.39, 0.29) is 11.1 Å². The lowest BCUT2D eigenvalue weighted by atomic mass is 9.95. The maximum Gasteiger partial charge on any atom is 0.416 e. The number of aliphatic hydroxyl groups is 3. The van der Waals surface area contributed by atoms with Crippen molar-refractivity contribution in [2.45, 2.75) is 25.3 Å². The van der Waals surface area contributed by atoms with Crippen LogP contribution < -0.4 is 0 Å². The predicted octanol–water partition coefficient (Wildman–Crippen LogP) is 1.40. The van der Waals surface area contributed by atoms with Crippen LogP contribution >= 0.6 is 0 Å². The first-order valence-corrected chi connectivity index (χ1v) is 4.92. The van der Waals surface area contributed by atoms with Crippen LogP contribution in [-0.2, 0) is 6.18 Å². The first-order valence-electron chi connectivity index (χ1n) is 4.92. The highest BCUT2D eigenvalue weighted by Crippen LogP contribution is 2.34. The topological polar surface area (TPSA) is 60.7 Å². The second-order valence-electron chi connectivity index (χ2n) is 3.71. The van der Waals surface area contributed by atoms with Crippen molar-refractivity contribution >= 4 is 0 Å². The third-order valence-corrected chi connectivity index (χ3v) is 2.55. The van der Waals surface area contributed by atoms with Crippen LogP contribution in [0.15, 0.2) is 18.2 Å². The van der Waals surface area contributed by atoms with Gasteiger partial charge in [0, 0.05) is 0 Å². The lowest BCUT2D eigenvalue weighted by Gasteiger charge is -2.20. The summed E-state index contributed by atoms with van der Waals surface area (Å²) in [6.45, 7) is 0.488. The zero-order valence-corrected chi connectivity index (χ0v) is 9.07. The SMILES string of the molecule is Cc1c(C(O)C(O)CO)cccc1C(F)(F)F. The molecule has 6 heteroatoms. The Hall–Kier alpha value is -1.11. The summed E-state index contributed by atoms with van der Waals surface area (Å²) >= 11 is 0. The van der Waals surface area contributed by atoms with E-state index < -0.39 is 30.6 Å². The van der Waals surface area contributed by atoms with E-state index in [2.05, 4.69) is 0 Å². The summed E-state index contributed by atoms with van der Waals surface area (Å²) in [7, 11) is 0. The largest absolute Gasteiger partial charge is 0.416 e. The molecule has 0 aliphatic carbocycles. The fourth-order valence-corrected chi connectivity index (χ4v) is 1.59. The number of halogens is 3. The van der Waals surface area contributed by atoms with Crippen molar-refractivity contribution in [2.24, 2.45) is 0 Å². The van der Waals surface area contributed by atoms with Gasteiger partial charge in [0.05, 0.1) is 12.2 Å². The van der Waals surface area contributed by atoms with Gasteiger partial charge in [-0.05, 0) is 24.1 Å². The molecule has 0 heterocycles. The van der Waals surface area contributed by atoms with E-state index in [1.54, 1.807) is 0 Å². The summed E-state index contributed by atoms with van der Waals surface area (Å²) < 4.78 is 37.7. The Morgan fingerprint density at radius 3 is 2.29 bits per heavy atom. The third kappa shape index (κ3) is 2.96. The second kappa shape index (κ2) is 5.03. The zero-order valence-electron chi connectivity index (χ0n) is 9.07. The molecule has 0 aromatic heterocycles. The minimum Gasteiger partial charge on any atom is -0.394 e. The number of alkyl halides is 3. The molecule has 0 radical (unpaired) electrons. The smallest absolute Gasteiger partial charge is 0.394 e. The van der Waals surface area contributed by atoms with Crippen LogP contribution in [-0.4, -0.2) is 28.0 Å². The van der Waals surface area contributed by atoms with Crippen molar-refractivity contribution < 1.29 is 28.5 Å². The Balaban J connectivity index is 3.19. The molecule has 17 heavy (non-hydrogen) atoms. The van der Waals surface area contributed by atoms with Gasteiger partial charge in [-0.2, -0.15) is 13.2 Å². The van der Waals surface area contributed by atoms with Crippen LogP contribution in [0.1, 0.15) is 22.8 Å². The van der Waals surface area contributed by atoms with E-state index in [0.29, 0.717) is 0 Å². The summed E-state index contributed by atoms with van der Waals surface area (Å²) in [5.41, 5.74) is -1.06. The van der Waals surface area contributed by atoms with Crippen molar-refractivity contribution in [1.82, 2.24) is 0 Å². The standard InChI is InChI=1S/C11H13F3O3/c1-6-7(10(17)9(16)5-15)3-2-4-8(6)11(12,13)14/h2-4,9-10,15-17H,5H2,1H3. The van der Waals surface area contributed by atoms with E-state index in [4.69, 9.17) is 5.11 Å². The van der Waals surface area contributed by atoms with Crippen LogP contribution in [0.2, 0.25) is 0 Å². The van der Waals surface area contributed by atoms with Crippen LogP contribution in [0, 0.1) is 6.92 Å². The van der Waals surface area contributed by atoms with Crippen LogP contribution in [0.25, 0.3) is 0 Å². The van der Waals surface area contributed by atoms with Crippen molar-refractivity contribution in [3.05, 3.63) is 34.9 Å². The highest BCUT2D eigenvalue weighted by molar-refractivity contribution is 5.37. The van der Waals surface area contributed by atoms with Gasteiger partial charge in [0.2, 0.25) is 0 Å². The first-order chi connectivity index (χ1) is 7.79. The Morgan fingerprint density at radius 1 is 1.24 bits per heavy atom. The van der Waals surface area contributed by atoms with E-state index in [1.165, 1.54) is 13.0 Å². The molecule has 1 aromatic carbocycles. The van der Waals surface area contributed by atoms with Crippen LogP contribution in [0.5, 0.6) is 0 Å². The fourth-order valence-electron chi connectivity index (χ4n) is 1.59. The molecule has 2 atom stereocenters. The predicted molar refractivity (Wildman–Crippen MR) is 54.2 cm³/mol. The van der Waals surface area contributed by atoms with Crippen LogP contribution in [0.4, 0.5) is 13.2 Å². The highest BCUT2D eigenvalue weighted by atomic mass is 19.4. The molecule has 0 aliphatic heterocycles. The third-order valence-electron chi connectivity index (χ3n) is 2.55. The first kappa shape index (κ1) is 14.0. The van der Waals surface area contributed by atoms with Gasteiger partial charge in [-0.3, -0.25) is 0 Å². The molecule has 1 rings (SSSR count). The van der Waals surface area contributed by atoms with E-state index in [9.17, 15) is 23.4 Å². The van der Waals surface area contributed by atoms with Crippen molar-refractivity contribution in [1.29, 1.82) is 0 Å². The second-order valence-corrected chi connectivity index (χ2v) is 3.71. The average molecular weight is 250 g/mol. The molecule has 0 fully saturated rings. The van der Waals surface area contributed by atoms with Crippen molar-refractivity contribution in [2.75, 3.05) is 6.61 Å². The van der Waals surface area contributed by atoms with Gasteiger partial charge in [-0.15, -0.1) is 0 Å². The lowest BCUT2D eigenvalue weighted by Crippen LogP contribution is -2.23. The van der Waals surface area contributed by atoms with Gasteiger partial charge in [0.25, 0.3) is 0 Å². The Morgan fingerprint density at radius 2 is 1.82 bits per heavy atom. The summed E-state index contributed by atoms with van der Waals surface area (Å²) in [6.07, 6.45) is -7.55. The molecule has 0 bridgehead atoms. The molecular weight excluding hydrogens is 237 g/mol. The summed E-state index contributed by atoms with van der Waals surface area (Å²) in [6, 6.07) is 3.34. The summed E-state index contributed by atoms with van der Waals surface area (Å²) in [4.78, 5) is 0. The fraction of sp³-hybridized carbons (Fsp3) is 0.455. The van der Waals surface area contributed by atoms with E-state index in [0.717, 1.165) is 12.1 Å². The number of aliphatic hydroxyl groups excluding tert-OH is 3. The minimum absolute atomic E-state index is 0.0404. The molecule has 0 amide bonds. The molecule has 0 saturated carbocycles. The Kier molecular flexibility index (Phi) is 4.13.